The summed E-state index contributed by atoms with van der Waals surface area (Å²) in [4.78, 5) is 37.3. The van der Waals surface area contributed by atoms with Crippen molar-refractivity contribution in [1.82, 2.24) is 4.90 Å². The molecule has 0 radical (unpaired) electrons. The van der Waals surface area contributed by atoms with Gasteiger partial charge in [-0.15, -0.1) is 0 Å². The number of furan rings is 1. The quantitative estimate of drug-likeness (QED) is 0.889. The first-order valence-corrected chi connectivity index (χ1v) is 8.05. The molecule has 7 heteroatoms. The Morgan fingerprint density at radius 3 is 2.52 bits per heavy atom. The van der Waals surface area contributed by atoms with Crippen molar-refractivity contribution in [2.45, 2.75) is 25.3 Å². The molecular formula is C18H18N2O5. The Bertz CT molecular complexity index is 767. The van der Waals surface area contributed by atoms with Gasteiger partial charge in [0, 0.05) is 17.8 Å². The summed E-state index contributed by atoms with van der Waals surface area (Å²) < 4.78 is 5.01. The molecule has 1 saturated heterocycles. The van der Waals surface area contributed by atoms with Gasteiger partial charge in [0.2, 0.25) is 0 Å². The Labute approximate surface area is 144 Å². The van der Waals surface area contributed by atoms with Crippen molar-refractivity contribution in [1.29, 1.82) is 0 Å². The fourth-order valence-corrected chi connectivity index (χ4v) is 2.89. The highest BCUT2D eigenvalue weighted by atomic mass is 16.4. The van der Waals surface area contributed by atoms with E-state index in [0.717, 1.165) is 12.8 Å². The first-order valence-electron chi connectivity index (χ1n) is 8.05. The number of carboxylic acids is 1. The Morgan fingerprint density at radius 2 is 1.88 bits per heavy atom. The van der Waals surface area contributed by atoms with Gasteiger partial charge in [-0.05, 0) is 55.7 Å². The van der Waals surface area contributed by atoms with Crippen LogP contribution < -0.4 is 5.32 Å². The number of likely N-dealkylation sites (tertiary alicyclic amines) is 1. The number of carbonyl (C=O) groups excluding carboxylic acids is 2. The predicted octanol–water partition coefficient (Wildman–Crippen LogP) is 2.61. The fraction of sp³-hybridized carbons (Fsp3) is 0.278. The number of carboxylic acid groups (broad SMARTS) is 1. The van der Waals surface area contributed by atoms with Crippen LogP contribution in [-0.4, -0.2) is 40.4 Å². The normalized spacial score (nSPS) is 17.1. The lowest BCUT2D eigenvalue weighted by molar-refractivity contribution is -0.143. The highest BCUT2D eigenvalue weighted by Crippen LogP contribution is 2.21. The second-order valence-electron chi connectivity index (χ2n) is 5.86. The van der Waals surface area contributed by atoms with Crippen LogP contribution in [0, 0.1) is 0 Å². The molecule has 1 aliphatic rings. The van der Waals surface area contributed by atoms with Gasteiger partial charge in [-0.3, -0.25) is 9.59 Å². The van der Waals surface area contributed by atoms with Gasteiger partial charge in [-0.1, -0.05) is 0 Å². The number of nitrogens with zero attached hydrogens (tertiary/aromatic N) is 1. The monoisotopic (exact) mass is 342 g/mol. The number of anilines is 1. The van der Waals surface area contributed by atoms with Crippen molar-refractivity contribution >= 4 is 23.5 Å². The molecule has 1 aliphatic heterocycles. The van der Waals surface area contributed by atoms with Crippen LogP contribution in [0.5, 0.6) is 0 Å². The maximum Gasteiger partial charge on any atom is 0.326 e. The standard InChI is InChI=1S/C18H18N2O5/c21-16(15-5-3-11-25-15)19-13-8-6-12(7-9-13)17(22)20-10-2-1-4-14(20)18(23)24/h3,5-9,11,14H,1-2,4,10H2,(H,19,21)(H,23,24)/t14-/m0/s1. The molecule has 0 spiro atoms. The first kappa shape index (κ1) is 16.8. The molecule has 25 heavy (non-hydrogen) atoms. The molecule has 0 saturated carbocycles. The summed E-state index contributed by atoms with van der Waals surface area (Å²) in [6.07, 6.45) is 3.48. The van der Waals surface area contributed by atoms with E-state index in [0.29, 0.717) is 24.2 Å². The van der Waals surface area contributed by atoms with Crippen LogP contribution in [0.2, 0.25) is 0 Å². The van der Waals surface area contributed by atoms with Crippen LogP contribution >= 0.6 is 0 Å². The number of aliphatic carboxylic acids is 1. The number of hydrogen-bond donors (Lipinski definition) is 2. The summed E-state index contributed by atoms with van der Waals surface area (Å²) in [6, 6.07) is 8.76. The third kappa shape index (κ3) is 3.71. The molecule has 1 aromatic carbocycles. The zero-order chi connectivity index (χ0) is 17.8. The van der Waals surface area contributed by atoms with Gasteiger partial charge in [0.05, 0.1) is 6.26 Å². The summed E-state index contributed by atoms with van der Waals surface area (Å²) in [5, 5.41) is 12.0. The van der Waals surface area contributed by atoms with E-state index >= 15 is 0 Å². The minimum Gasteiger partial charge on any atom is -0.480 e. The molecule has 2 amide bonds. The number of amides is 2. The maximum absolute atomic E-state index is 12.6. The Kier molecular flexibility index (Phi) is 4.83. The highest BCUT2D eigenvalue weighted by molar-refractivity contribution is 6.02. The molecule has 0 unspecified atom stereocenters. The van der Waals surface area contributed by atoms with Gasteiger partial charge < -0.3 is 19.7 Å². The molecule has 1 fully saturated rings. The van der Waals surface area contributed by atoms with E-state index in [1.54, 1.807) is 36.4 Å². The highest BCUT2D eigenvalue weighted by Gasteiger charge is 2.32. The van der Waals surface area contributed by atoms with E-state index in [1.807, 2.05) is 0 Å². The third-order valence-corrected chi connectivity index (χ3v) is 4.18. The number of piperidine rings is 1. The summed E-state index contributed by atoms with van der Waals surface area (Å²) in [5.41, 5.74) is 0.913. The molecule has 3 rings (SSSR count). The minimum atomic E-state index is -0.976. The molecule has 7 nitrogen and oxygen atoms in total. The van der Waals surface area contributed by atoms with Gasteiger partial charge in [0.25, 0.3) is 11.8 Å². The Morgan fingerprint density at radius 1 is 1.12 bits per heavy atom. The van der Waals surface area contributed by atoms with Crippen LogP contribution in [0.1, 0.15) is 40.2 Å². The van der Waals surface area contributed by atoms with E-state index in [-0.39, 0.29) is 17.6 Å². The smallest absolute Gasteiger partial charge is 0.326 e. The van der Waals surface area contributed by atoms with Gasteiger partial charge in [-0.2, -0.15) is 0 Å². The summed E-state index contributed by atoms with van der Waals surface area (Å²) >= 11 is 0. The molecule has 2 aromatic rings. The number of benzene rings is 1. The average molecular weight is 342 g/mol. The molecule has 0 aliphatic carbocycles. The lowest BCUT2D eigenvalue weighted by Gasteiger charge is -2.33. The summed E-state index contributed by atoms with van der Waals surface area (Å²) in [7, 11) is 0. The van der Waals surface area contributed by atoms with Crippen LogP contribution in [0.25, 0.3) is 0 Å². The molecule has 2 heterocycles. The lowest BCUT2D eigenvalue weighted by Crippen LogP contribution is -2.47. The number of nitrogens with one attached hydrogen (secondary N) is 1. The second kappa shape index (κ2) is 7.21. The van der Waals surface area contributed by atoms with Crippen molar-refractivity contribution in [3.63, 3.8) is 0 Å². The largest absolute Gasteiger partial charge is 0.480 e. The fourth-order valence-electron chi connectivity index (χ4n) is 2.89. The van der Waals surface area contributed by atoms with E-state index in [1.165, 1.54) is 11.2 Å². The summed E-state index contributed by atoms with van der Waals surface area (Å²) in [6.45, 7) is 0.437. The average Bonchev–Trinajstić information content (AvgIpc) is 3.16. The van der Waals surface area contributed by atoms with E-state index in [4.69, 9.17) is 4.42 Å². The number of rotatable bonds is 4. The van der Waals surface area contributed by atoms with Crippen molar-refractivity contribution in [3.05, 3.63) is 54.0 Å². The van der Waals surface area contributed by atoms with Crippen molar-refractivity contribution < 1.29 is 23.9 Å². The van der Waals surface area contributed by atoms with Gasteiger partial charge >= 0.3 is 5.97 Å². The van der Waals surface area contributed by atoms with Crippen LogP contribution in [-0.2, 0) is 4.79 Å². The van der Waals surface area contributed by atoms with Gasteiger partial charge in [0.15, 0.2) is 5.76 Å². The molecule has 0 bridgehead atoms. The van der Waals surface area contributed by atoms with E-state index in [2.05, 4.69) is 5.32 Å². The SMILES string of the molecule is O=C(Nc1ccc(C(=O)N2CCCC[C@H]2C(=O)O)cc1)c1ccco1. The lowest BCUT2D eigenvalue weighted by atomic mass is 10.0. The van der Waals surface area contributed by atoms with Gasteiger partial charge in [-0.25, -0.2) is 4.79 Å². The van der Waals surface area contributed by atoms with Crippen LogP contribution in [0.3, 0.4) is 0 Å². The summed E-state index contributed by atoms with van der Waals surface area (Å²) in [5.74, 6) is -1.48. The van der Waals surface area contributed by atoms with Crippen LogP contribution in [0.4, 0.5) is 5.69 Å². The molecule has 130 valence electrons. The van der Waals surface area contributed by atoms with Gasteiger partial charge in [0.1, 0.15) is 6.04 Å². The van der Waals surface area contributed by atoms with Crippen molar-refractivity contribution in [2.24, 2.45) is 0 Å². The van der Waals surface area contributed by atoms with Crippen molar-refractivity contribution in [3.8, 4) is 0 Å². The maximum atomic E-state index is 12.6. The molecule has 1 aromatic heterocycles. The van der Waals surface area contributed by atoms with Crippen molar-refractivity contribution in [2.75, 3.05) is 11.9 Å². The van der Waals surface area contributed by atoms with E-state index < -0.39 is 12.0 Å². The molecular weight excluding hydrogens is 324 g/mol. The number of hydrogen-bond acceptors (Lipinski definition) is 4. The zero-order valence-corrected chi connectivity index (χ0v) is 13.5. The molecule has 2 N–H and O–H groups in total. The van der Waals surface area contributed by atoms with E-state index in [9.17, 15) is 19.5 Å². The topological polar surface area (TPSA) is 99.9 Å². The molecule has 1 atom stereocenters. The Balaban J connectivity index is 1.70. The first-order chi connectivity index (χ1) is 12.1. The number of carbonyl (C=O) groups is 3. The predicted molar refractivity (Wildman–Crippen MR) is 89.4 cm³/mol. The van der Waals surface area contributed by atoms with Crippen LogP contribution in [0.15, 0.2) is 47.1 Å². The Hall–Kier alpha value is -3.09. The third-order valence-electron chi connectivity index (χ3n) is 4.18. The second-order valence-corrected chi connectivity index (χ2v) is 5.86. The zero-order valence-electron chi connectivity index (χ0n) is 13.5. The minimum absolute atomic E-state index is 0.192.